The van der Waals surface area contributed by atoms with Crippen LogP contribution >= 0.6 is 0 Å². The second kappa shape index (κ2) is 5.72. The molecule has 7 nitrogen and oxygen atoms in total. The summed E-state index contributed by atoms with van der Waals surface area (Å²) in [5.74, 6) is 0.483. The number of carbonyl (C=O) groups is 1. The summed E-state index contributed by atoms with van der Waals surface area (Å²) >= 11 is 0. The zero-order chi connectivity index (χ0) is 12.1. The van der Waals surface area contributed by atoms with Crippen molar-refractivity contribution in [3.8, 4) is 0 Å². The summed E-state index contributed by atoms with van der Waals surface area (Å²) in [4.78, 5) is 12.6. The molecule has 1 saturated heterocycles. The molecule has 94 valence electrons. The van der Waals surface area contributed by atoms with E-state index in [9.17, 15) is 4.79 Å². The zero-order valence-electron chi connectivity index (χ0n) is 9.93. The molecule has 1 aromatic heterocycles. The highest BCUT2D eigenvalue weighted by atomic mass is 16.5. The fraction of sp³-hybridized carbons (Fsp3) is 0.800. The largest absolute Gasteiger partial charge is 0.466 e. The molecule has 1 aliphatic rings. The molecule has 2 heterocycles. The number of tetrazole rings is 1. The van der Waals surface area contributed by atoms with Crippen molar-refractivity contribution in [3.05, 3.63) is 5.82 Å². The average Bonchev–Trinajstić information content (AvgIpc) is 2.97. The predicted molar refractivity (Wildman–Crippen MR) is 59.0 cm³/mol. The summed E-state index contributed by atoms with van der Waals surface area (Å²) in [5.41, 5.74) is 0. The van der Waals surface area contributed by atoms with Gasteiger partial charge in [-0.25, -0.2) is 0 Å². The van der Waals surface area contributed by atoms with Gasteiger partial charge in [0.05, 0.1) is 25.6 Å². The van der Waals surface area contributed by atoms with Crippen molar-refractivity contribution < 1.29 is 9.53 Å². The maximum atomic E-state index is 11.2. The number of hydrogen-bond donors (Lipinski definition) is 1. The number of ether oxygens (including phenoxy) is 1. The van der Waals surface area contributed by atoms with Crippen molar-refractivity contribution >= 4 is 5.97 Å². The number of nitrogens with zero attached hydrogens (tertiary/aromatic N) is 4. The summed E-state index contributed by atoms with van der Waals surface area (Å²) in [6.45, 7) is 3.61. The number of hydrogen-bond acceptors (Lipinski definition) is 6. The van der Waals surface area contributed by atoms with E-state index in [1.54, 1.807) is 6.92 Å². The second-order valence-electron chi connectivity index (χ2n) is 3.95. The smallest absolute Gasteiger partial charge is 0.307 e. The Hall–Kier alpha value is -1.50. The van der Waals surface area contributed by atoms with E-state index in [2.05, 4.69) is 20.7 Å². The zero-order valence-corrected chi connectivity index (χ0v) is 9.93. The predicted octanol–water partition coefficient (Wildman–Crippen LogP) is 0.0508. The van der Waals surface area contributed by atoms with Crippen molar-refractivity contribution in [1.29, 1.82) is 0 Å². The lowest BCUT2D eigenvalue weighted by atomic mass is 10.2. The molecule has 0 amide bonds. The van der Waals surface area contributed by atoms with Crippen LogP contribution in [0, 0.1) is 0 Å². The monoisotopic (exact) mass is 239 g/mol. The number of carbonyl (C=O) groups excluding carboxylic acids is 1. The van der Waals surface area contributed by atoms with Gasteiger partial charge in [0.1, 0.15) is 0 Å². The van der Waals surface area contributed by atoms with Crippen LogP contribution in [0.2, 0.25) is 0 Å². The Morgan fingerprint density at radius 1 is 1.65 bits per heavy atom. The first-order valence-electron chi connectivity index (χ1n) is 5.96. The van der Waals surface area contributed by atoms with E-state index in [1.165, 1.54) is 4.80 Å². The van der Waals surface area contributed by atoms with Crippen molar-refractivity contribution in [2.24, 2.45) is 0 Å². The van der Waals surface area contributed by atoms with E-state index < -0.39 is 0 Å². The molecule has 17 heavy (non-hydrogen) atoms. The summed E-state index contributed by atoms with van der Waals surface area (Å²) in [5, 5.41) is 15.5. The van der Waals surface area contributed by atoms with Crippen molar-refractivity contribution in [1.82, 2.24) is 25.5 Å². The molecule has 2 rings (SSSR count). The molecule has 0 unspecified atom stereocenters. The fourth-order valence-electron chi connectivity index (χ4n) is 1.82. The molecule has 1 aliphatic heterocycles. The third-order valence-electron chi connectivity index (χ3n) is 2.66. The molecule has 0 saturated carbocycles. The van der Waals surface area contributed by atoms with Gasteiger partial charge in [-0.2, -0.15) is 4.80 Å². The van der Waals surface area contributed by atoms with Crippen LogP contribution in [0.1, 0.15) is 38.1 Å². The molecule has 7 heteroatoms. The lowest BCUT2D eigenvalue weighted by Crippen LogP contribution is -2.15. The molecule has 0 bridgehead atoms. The number of nitrogens with one attached hydrogen (secondary N) is 1. The number of aromatic nitrogens is 4. The van der Waals surface area contributed by atoms with Crippen LogP contribution in [0.3, 0.4) is 0 Å². The number of esters is 1. The van der Waals surface area contributed by atoms with Crippen molar-refractivity contribution in [3.63, 3.8) is 0 Å². The summed E-state index contributed by atoms with van der Waals surface area (Å²) in [6.07, 6.45) is 2.47. The Bertz CT molecular complexity index is 373. The maximum absolute atomic E-state index is 11.2. The Balaban J connectivity index is 1.83. The van der Waals surface area contributed by atoms with E-state index in [1.807, 2.05) is 0 Å². The Morgan fingerprint density at radius 3 is 3.24 bits per heavy atom. The summed E-state index contributed by atoms with van der Waals surface area (Å²) in [7, 11) is 0. The SMILES string of the molecule is CCOC(=O)CCn1nnc([C@@H]2CCCN2)n1. The van der Waals surface area contributed by atoms with Crippen LogP contribution in [-0.4, -0.2) is 39.3 Å². The molecule has 0 radical (unpaired) electrons. The van der Waals surface area contributed by atoms with Crippen LogP contribution in [0.15, 0.2) is 0 Å². The van der Waals surface area contributed by atoms with Gasteiger partial charge in [-0.05, 0) is 31.5 Å². The molecule has 1 aromatic rings. The summed E-state index contributed by atoms with van der Waals surface area (Å²) in [6, 6.07) is 0.214. The van der Waals surface area contributed by atoms with Gasteiger partial charge in [0.25, 0.3) is 0 Å². The van der Waals surface area contributed by atoms with Crippen LogP contribution in [0.4, 0.5) is 0 Å². The molecule has 0 spiro atoms. The van der Waals surface area contributed by atoms with Gasteiger partial charge in [-0.3, -0.25) is 4.79 Å². The van der Waals surface area contributed by atoms with Crippen LogP contribution in [0.25, 0.3) is 0 Å². The molecule has 1 fully saturated rings. The van der Waals surface area contributed by atoms with Crippen LogP contribution < -0.4 is 5.32 Å². The Labute approximate surface area is 99.5 Å². The molecule has 0 aliphatic carbocycles. The van der Waals surface area contributed by atoms with Crippen molar-refractivity contribution in [2.75, 3.05) is 13.2 Å². The first kappa shape index (κ1) is 12.0. The van der Waals surface area contributed by atoms with Gasteiger partial charge in [-0.1, -0.05) is 0 Å². The van der Waals surface area contributed by atoms with Gasteiger partial charge in [0.15, 0.2) is 5.82 Å². The van der Waals surface area contributed by atoms with Gasteiger partial charge in [-0.15, -0.1) is 10.2 Å². The quantitative estimate of drug-likeness (QED) is 0.731. The van der Waals surface area contributed by atoms with E-state index in [4.69, 9.17) is 4.74 Å². The van der Waals surface area contributed by atoms with E-state index >= 15 is 0 Å². The Kier molecular flexibility index (Phi) is 4.03. The van der Waals surface area contributed by atoms with E-state index in [0.29, 0.717) is 19.0 Å². The summed E-state index contributed by atoms with van der Waals surface area (Å²) < 4.78 is 4.83. The standard InChI is InChI=1S/C10H17N5O2/c1-2-17-9(16)5-7-15-13-10(12-14-15)8-4-3-6-11-8/h8,11H,2-7H2,1H3/t8-/m0/s1. The molecule has 0 aromatic carbocycles. The van der Waals surface area contributed by atoms with Gasteiger partial charge >= 0.3 is 5.97 Å². The number of rotatable bonds is 5. The van der Waals surface area contributed by atoms with E-state index in [0.717, 1.165) is 19.4 Å². The second-order valence-corrected chi connectivity index (χ2v) is 3.95. The lowest BCUT2D eigenvalue weighted by molar-refractivity contribution is -0.143. The van der Waals surface area contributed by atoms with E-state index in [-0.39, 0.29) is 18.4 Å². The fourth-order valence-corrected chi connectivity index (χ4v) is 1.82. The normalized spacial score (nSPS) is 19.5. The lowest BCUT2D eigenvalue weighted by Gasteiger charge is -2.02. The minimum atomic E-state index is -0.231. The highest BCUT2D eigenvalue weighted by Gasteiger charge is 2.20. The molecule has 1 N–H and O–H groups in total. The molecule has 1 atom stereocenters. The molecular weight excluding hydrogens is 222 g/mol. The van der Waals surface area contributed by atoms with Gasteiger partial charge in [0.2, 0.25) is 0 Å². The van der Waals surface area contributed by atoms with Crippen LogP contribution in [0.5, 0.6) is 0 Å². The topological polar surface area (TPSA) is 81.9 Å². The third-order valence-corrected chi connectivity index (χ3v) is 2.66. The first-order valence-corrected chi connectivity index (χ1v) is 5.96. The van der Waals surface area contributed by atoms with Gasteiger partial charge < -0.3 is 10.1 Å². The number of aryl methyl sites for hydroxylation is 1. The minimum Gasteiger partial charge on any atom is -0.466 e. The highest BCUT2D eigenvalue weighted by Crippen LogP contribution is 2.18. The first-order chi connectivity index (χ1) is 8.29. The maximum Gasteiger partial charge on any atom is 0.307 e. The minimum absolute atomic E-state index is 0.214. The van der Waals surface area contributed by atoms with Gasteiger partial charge in [0, 0.05) is 0 Å². The Morgan fingerprint density at radius 2 is 2.53 bits per heavy atom. The third kappa shape index (κ3) is 3.23. The average molecular weight is 239 g/mol. The molecular formula is C10H17N5O2. The van der Waals surface area contributed by atoms with Crippen LogP contribution in [-0.2, 0) is 16.1 Å². The highest BCUT2D eigenvalue weighted by molar-refractivity contribution is 5.69. The van der Waals surface area contributed by atoms with Crippen molar-refractivity contribution in [2.45, 2.75) is 38.8 Å².